The van der Waals surface area contributed by atoms with Gasteiger partial charge in [0.05, 0.1) is 6.04 Å². The molecule has 2 heterocycles. The number of H-pyrrole nitrogens is 1. The Kier molecular flexibility index (Phi) is 3.98. The zero-order valence-electron chi connectivity index (χ0n) is 11.5. The summed E-state index contributed by atoms with van der Waals surface area (Å²) in [5.41, 5.74) is 3.71. The fraction of sp³-hybridized carbons (Fsp3) is 0.400. The highest BCUT2D eigenvalue weighted by molar-refractivity contribution is 7.99. The second-order valence-corrected chi connectivity index (χ2v) is 6.15. The molecule has 1 amide bonds. The minimum atomic E-state index is -0.0234. The van der Waals surface area contributed by atoms with Crippen molar-refractivity contribution in [1.29, 1.82) is 0 Å². The number of aromatic nitrogens is 1. The Morgan fingerprint density at radius 2 is 2.40 bits per heavy atom. The Balaban J connectivity index is 1.61. The minimum absolute atomic E-state index is 0.0234. The van der Waals surface area contributed by atoms with Crippen LogP contribution >= 0.6 is 11.8 Å². The molecule has 1 aliphatic rings. The van der Waals surface area contributed by atoms with Crippen molar-refractivity contribution in [2.75, 3.05) is 18.2 Å². The Labute approximate surface area is 122 Å². The average molecular weight is 289 g/mol. The third-order valence-corrected chi connectivity index (χ3v) is 4.66. The summed E-state index contributed by atoms with van der Waals surface area (Å²) in [6.07, 6.45) is 2.91. The monoisotopic (exact) mass is 289 g/mol. The van der Waals surface area contributed by atoms with Crippen LogP contribution in [0.2, 0.25) is 0 Å². The van der Waals surface area contributed by atoms with Crippen LogP contribution in [0.15, 0.2) is 24.4 Å². The number of nitrogens with one attached hydrogen (secondary N) is 3. The SMILES string of the molecule is Cc1cccc2[nH]cc(CCNC(=O)C3CSCN3)c12. The number of carbonyl (C=O) groups excluding carboxylic acids is 1. The second-order valence-electron chi connectivity index (χ2n) is 5.12. The Bertz CT molecular complexity index is 617. The van der Waals surface area contributed by atoms with E-state index in [1.807, 2.05) is 6.20 Å². The average Bonchev–Trinajstić information content (AvgIpc) is 3.08. The van der Waals surface area contributed by atoms with E-state index in [-0.39, 0.29) is 11.9 Å². The molecule has 3 N–H and O–H groups in total. The molecule has 1 aromatic heterocycles. The van der Waals surface area contributed by atoms with Crippen molar-refractivity contribution in [2.45, 2.75) is 19.4 Å². The first kappa shape index (κ1) is 13.5. The molecule has 1 fully saturated rings. The molecular formula is C15H19N3OS. The van der Waals surface area contributed by atoms with Crippen molar-refractivity contribution in [3.63, 3.8) is 0 Å². The summed E-state index contributed by atoms with van der Waals surface area (Å²) in [5.74, 6) is 1.86. The van der Waals surface area contributed by atoms with Crippen molar-refractivity contribution in [3.8, 4) is 0 Å². The lowest BCUT2D eigenvalue weighted by Gasteiger charge is -2.10. The molecule has 0 spiro atoms. The summed E-state index contributed by atoms with van der Waals surface area (Å²) in [7, 11) is 0. The summed E-state index contributed by atoms with van der Waals surface area (Å²) < 4.78 is 0. The first-order chi connectivity index (χ1) is 9.75. The number of rotatable bonds is 4. The summed E-state index contributed by atoms with van der Waals surface area (Å²) in [4.78, 5) is 15.2. The number of amides is 1. The van der Waals surface area contributed by atoms with E-state index in [1.165, 1.54) is 22.0 Å². The van der Waals surface area contributed by atoms with Crippen molar-refractivity contribution >= 4 is 28.6 Å². The second kappa shape index (κ2) is 5.89. The van der Waals surface area contributed by atoms with Gasteiger partial charge in [-0.3, -0.25) is 10.1 Å². The van der Waals surface area contributed by atoms with Gasteiger partial charge < -0.3 is 10.3 Å². The predicted molar refractivity (Wildman–Crippen MR) is 84.0 cm³/mol. The number of benzene rings is 1. The van der Waals surface area contributed by atoms with Gasteiger partial charge in [-0.2, -0.15) is 0 Å². The van der Waals surface area contributed by atoms with Crippen LogP contribution < -0.4 is 10.6 Å². The Morgan fingerprint density at radius 3 is 3.20 bits per heavy atom. The van der Waals surface area contributed by atoms with E-state index in [0.29, 0.717) is 6.54 Å². The van der Waals surface area contributed by atoms with Gasteiger partial charge >= 0.3 is 0 Å². The van der Waals surface area contributed by atoms with Gasteiger partial charge in [-0.1, -0.05) is 12.1 Å². The number of thioether (sulfide) groups is 1. The lowest BCUT2D eigenvalue weighted by Crippen LogP contribution is -2.42. The van der Waals surface area contributed by atoms with Crippen molar-refractivity contribution in [1.82, 2.24) is 15.6 Å². The van der Waals surface area contributed by atoms with Gasteiger partial charge in [-0.15, -0.1) is 11.8 Å². The van der Waals surface area contributed by atoms with Crippen LogP contribution in [0, 0.1) is 6.92 Å². The molecule has 4 nitrogen and oxygen atoms in total. The molecular weight excluding hydrogens is 270 g/mol. The maximum atomic E-state index is 11.9. The molecule has 1 saturated heterocycles. The fourth-order valence-electron chi connectivity index (χ4n) is 2.66. The number of aryl methyl sites for hydroxylation is 1. The maximum absolute atomic E-state index is 11.9. The number of aromatic amines is 1. The zero-order chi connectivity index (χ0) is 13.9. The van der Waals surface area contributed by atoms with Gasteiger partial charge in [-0.25, -0.2) is 0 Å². The Hall–Kier alpha value is -1.46. The molecule has 1 atom stereocenters. The van der Waals surface area contributed by atoms with Gasteiger partial charge in [0.2, 0.25) is 5.91 Å². The molecule has 5 heteroatoms. The Morgan fingerprint density at radius 1 is 1.50 bits per heavy atom. The molecule has 1 aliphatic heterocycles. The van der Waals surface area contributed by atoms with E-state index in [1.54, 1.807) is 11.8 Å². The van der Waals surface area contributed by atoms with Gasteiger partial charge in [0.25, 0.3) is 0 Å². The van der Waals surface area contributed by atoms with E-state index in [2.05, 4.69) is 40.7 Å². The van der Waals surface area contributed by atoms with Gasteiger partial charge in [-0.05, 0) is 30.5 Å². The van der Waals surface area contributed by atoms with Gasteiger partial charge in [0, 0.05) is 35.3 Å². The van der Waals surface area contributed by atoms with Crippen molar-refractivity contribution in [3.05, 3.63) is 35.5 Å². The molecule has 0 radical (unpaired) electrons. The summed E-state index contributed by atoms with van der Waals surface area (Å²) in [6, 6.07) is 6.25. The molecule has 20 heavy (non-hydrogen) atoms. The number of hydrogen-bond donors (Lipinski definition) is 3. The zero-order valence-corrected chi connectivity index (χ0v) is 12.3. The standard InChI is InChI=1S/C15H19N3OS/c1-10-3-2-4-12-14(10)11(7-17-12)5-6-16-15(19)13-8-20-9-18-13/h2-4,7,13,17-18H,5-6,8-9H2,1H3,(H,16,19). The molecule has 2 aromatic rings. The van der Waals surface area contributed by atoms with Gasteiger partial charge in [0.1, 0.15) is 0 Å². The topological polar surface area (TPSA) is 56.9 Å². The molecule has 0 saturated carbocycles. The normalized spacial score (nSPS) is 18.6. The number of fused-ring (bicyclic) bond motifs is 1. The largest absolute Gasteiger partial charge is 0.361 e. The molecule has 0 bridgehead atoms. The van der Waals surface area contributed by atoms with Crippen LogP contribution in [0.1, 0.15) is 11.1 Å². The summed E-state index contributed by atoms with van der Waals surface area (Å²) >= 11 is 1.77. The number of carbonyl (C=O) groups is 1. The molecule has 1 unspecified atom stereocenters. The van der Waals surface area contributed by atoms with Crippen LogP contribution in [0.3, 0.4) is 0 Å². The van der Waals surface area contributed by atoms with Crippen LogP contribution in [-0.2, 0) is 11.2 Å². The summed E-state index contributed by atoms with van der Waals surface area (Å²) in [5, 5.41) is 7.49. The molecule has 106 valence electrons. The number of hydrogen-bond acceptors (Lipinski definition) is 3. The van der Waals surface area contributed by atoms with E-state index in [9.17, 15) is 4.79 Å². The van der Waals surface area contributed by atoms with Gasteiger partial charge in [0.15, 0.2) is 0 Å². The third kappa shape index (κ3) is 2.69. The first-order valence-electron chi connectivity index (χ1n) is 6.90. The lowest BCUT2D eigenvalue weighted by atomic mass is 10.1. The lowest BCUT2D eigenvalue weighted by molar-refractivity contribution is -0.122. The van der Waals surface area contributed by atoms with Crippen LogP contribution in [0.25, 0.3) is 10.9 Å². The van der Waals surface area contributed by atoms with E-state index < -0.39 is 0 Å². The highest BCUT2D eigenvalue weighted by Gasteiger charge is 2.21. The summed E-state index contributed by atoms with van der Waals surface area (Å²) in [6.45, 7) is 2.81. The highest BCUT2D eigenvalue weighted by atomic mass is 32.2. The predicted octanol–water partition coefficient (Wildman–Crippen LogP) is 1.80. The molecule has 3 rings (SSSR count). The van der Waals surface area contributed by atoms with Crippen molar-refractivity contribution < 1.29 is 4.79 Å². The van der Waals surface area contributed by atoms with Crippen LogP contribution in [-0.4, -0.2) is 35.1 Å². The van der Waals surface area contributed by atoms with Crippen LogP contribution in [0.4, 0.5) is 0 Å². The smallest absolute Gasteiger partial charge is 0.238 e. The quantitative estimate of drug-likeness (QED) is 0.804. The molecule has 0 aliphatic carbocycles. The van der Waals surface area contributed by atoms with Crippen molar-refractivity contribution in [2.24, 2.45) is 0 Å². The minimum Gasteiger partial charge on any atom is -0.361 e. The first-order valence-corrected chi connectivity index (χ1v) is 8.05. The van der Waals surface area contributed by atoms with E-state index in [0.717, 1.165) is 18.1 Å². The third-order valence-electron chi connectivity index (χ3n) is 3.72. The van der Waals surface area contributed by atoms with E-state index >= 15 is 0 Å². The highest BCUT2D eigenvalue weighted by Crippen LogP contribution is 2.22. The molecule has 1 aromatic carbocycles. The van der Waals surface area contributed by atoms with Crippen LogP contribution in [0.5, 0.6) is 0 Å². The fourth-order valence-corrected chi connectivity index (χ4v) is 3.60. The van der Waals surface area contributed by atoms with E-state index in [4.69, 9.17) is 0 Å². The maximum Gasteiger partial charge on any atom is 0.238 e.